The van der Waals surface area contributed by atoms with Crippen molar-refractivity contribution in [2.45, 2.75) is 19.3 Å². The van der Waals surface area contributed by atoms with Gasteiger partial charge in [0.2, 0.25) is 0 Å². The van der Waals surface area contributed by atoms with Crippen molar-refractivity contribution in [1.82, 2.24) is 4.90 Å². The second-order valence-corrected chi connectivity index (χ2v) is 5.28. The van der Waals surface area contributed by atoms with Crippen LogP contribution in [0.15, 0.2) is 18.2 Å². The van der Waals surface area contributed by atoms with E-state index in [1.54, 1.807) is 4.90 Å². The Morgan fingerprint density at radius 2 is 1.90 bits per heavy atom. The first-order valence-corrected chi connectivity index (χ1v) is 7.20. The average Bonchev–Trinajstić information content (AvgIpc) is 2.95. The molecule has 4 nitrogen and oxygen atoms in total. The van der Waals surface area contributed by atoms with Gasteiger partial charge in [0.1, 0.15) is 0 Å². The number of anilines is 1. The summed E-state index contributed by atoms with van der Waals surface area (Å²) < 4.78 is 26.4. The maximum atomic E-state index is 13.4. The Hall–Kier alpha value is -1.69. The van der Waals surface area contributed by atoms with Crippen LogP contribution >= 0.6 is 0 Å². The highest BCUT2D eigenvalue weighted by Gasteiger charge is 2.15. The Labute approximate surface area is 123 Å². The second kappa shape index (κ2) is 7.36. The summed E-state index contributed by atoms with van der Waals surface area (Å²) in [5.41, 5.74) is 0.523. The van der Waals surface area contributed by atoms with Gasteiger partial charge < -0.3 is 14.9 Å². The highest BCUT2D eigenvalue weighted by molar-refractivity contribution is 5.67. The molecule has 0 unspecified atom stereocenters. The normalized spacial score (nSPS) is 15.3. The van der Waals surface area contributed by atoms with Crippen molar-refractivity contribution in [2.24, 2.45) is 0 Å². The van der Waals surface area contributed by atoms with Crippen LogP contribution in [0, 0.1) is 11.6 Å². The van der Waals surface area contributed by atoms with Crippen LogP contribution in [0.2, 0.25) is 0 Å². The smallest absolute Gasteiger partial charge is 0.305 e. The van der Waals surface area contributed by atoms with Crippen LogP contribution in [0.1, 0.15) is 19.3 Å². The van der Waals surface area contributed by atoms with E-state index in [4.69, 9.17) is 5.11 Å². The molecule has 21 heavy (non-hydrogen) atoms. The van der Waals surface area contributed by atoms with Gasteiger partial charge in [-0.15, -0.1) is 0 Å². The first-order valence-electron chi connectivity index (χ1n) is 7.20. The summed E-state index contributed by atoms with van der Waals surface area (Å²) in [4.78, 5) is 14.8. The highest BCUT2D eigenvalue weighted by atomic mass is 19.2. The second-order valence-electron chi connectivity index (χ2n) is 5.28. The number of hydrogen-bond acceptors (Lipinski definition) is 3. The minimum atomic E-state index is -0.908. The fourth-order valence-electron chi connectivity index (χ4n) is 2.55. The number of likely N-dealkylation sites (tertiary alicyclic amines) is 1. The molecule has 6 heteroatoms. The third-order valence-corrected chi connectivity index (χ3v) is 3.75. The number of hydrogen-bond donors (Lipinski definition) is 1. The summed E-state index contributed by atoms with van der Waals surface area (Å²) in [5, 5.41) is 8.82. The lowest BCUT2D eigenvalue weighted by molar-refractivity contribution is -0.136. The lowest BCUT2D eigenvalue weighted by Crippen LogP contribution is -2.35. The van der Waals surface area contributed by atoms with E-state index in [2.05, 4.69) is 4.90 Å². The number of carboxylic acid groups (broad SMARTS) is 1. The summed E-state index contributed by atoms with van der Waals surface area (Å²) in [7, 11) is 0. The maximum Gasteiger partial charge on any atom is 0.305 e. The molecule has 1 fully saturated rings. The van der Waals surface area contributed by atoms with Crippen LogP contribution in [0.3, 0.4) is 0 Å². The number of halogens is 2. The first kappa shape index (κ1) is 15.7. The van der Waals surface area contributed by atoms with Crippen molar-refractivity contribution in [2.75, 3.05) is 37.6 Å². The highest BCUT2D eigenvalue weighted by Crippen LogP contribution is 2.19. The SMILES string of the molecule is O=C(O)CCN(CCN1CCCC1)c1ccc(F)c(F)c1. The number of carbonyl (C=O) groups is 1. The Balaban J connectivity index is 2.02. The molecule has 1 aromatic carbocycles. The number of benzene rings is 1. The van der Waals surface area contributed by atoms with E-state index >= 15 is 0 Å². The fourth-order valence-corrected chi connectivity index (χ4v) is 2.55. The molecular formula is C15H20F2N2O2. The van der Waals surface area contributed by atoms with Crippen molar-refractivity contribution < 1.29 is 18.7 Å². The van der Waals surface area contributed by atoms with Gasteiger partial charge in [-0.3, -0.25) is 4.79 Å². The molecule has 0 bridgehead atoms. The predicted molar refractivity (Wildman–Crippen MR) is 76.5 cm³/mol. The lowest BCUT2D eigenvalue weighted by atomic mass is 10.2. The van der Waals surface area contributed by atoms with E-state index < -0.39 is 17.6 Å². The summed E-state index contributed by atoms with van der Waals surface area (Å²) in [6.45, 7) is 3.79. The number of aliphatic carboxylic acids is 1. The third kappa shape index (κ3) is 4.67. The largest absolute Gasteiger partial charge is 0.481 e. The van der Waals surface area contributed by atoms with Crippen molar-refractivity contribution in [3.63, 3.8) is 0 Å². The number of carboxylic acids is 1. The van der Waals surface area contributed by atoms with Gasteiger partial charge in [0, 0.05) is 31.4 Å². The number of rotatable bonds is 7. The molecule has 1 aliphatic heterocycles. The minimum absolute atomic E-state index is 0.0288. The number of nitrogens with zero attached hydrogens (tertiary/aromatic N) is 2. The van der Waals surface area contributed by atoms with Gasteiger partial charge in [-0.25, -0.2) is 8.78 Å². The molecule has 1 aromatic rings. The van der Waals surface area contributed by atoms with Crippen LogP contribution in [0.4, 0.5) is 14.5 Å². The zero-order valence-corrected chi connectivity index (χ0v) is 11.9. The summed E-state index contributed by atoms with van der Waals surface area (Å²) in [6.07, 6.45) is 2.33. The molecule has 1 N–H and O–H groups in total. The Bertz CT molecular complexity index is 491. The Morgan fingerprint density at radius 1 is 1.19 bits per heavy atom. The van der Waals surface area contributed by atoms with Crippen molar-refractivity contribution in [3.8, 4) is 0 Å². The lowest BCUT2D eigenvalue weighted by Gasteiger charge is -2.27. The summed E-state index contributed by atoms with van der Waals surface area (Å²) in [6, 6.07) is 3.69. The van der Waals surface area contributed by atoms with E-state index in [1.807, 2.05) is 0 Å². The average molecular weight is 298 g/mol. The molecule has 1 saturated heterocycles. The minimum Gasteiger partial charge on any atom is -0.481 e. The quantitative estimate of drug-likeness (QED) is 0.839. The van der Waals surface area contributed by atoms with E-state index in [0.29, 0.717) is 12.2 Å². The van der Waals surface area contributed by atoms with Gasteiger partial charge >= 0.3 is 5.97 Å². The standard InChI is InChI=1S/C15H20F2N2O2/c16-13-4-3-12(11-14(13)17)19(8-5-15(20)21)10-9-18-6-1-2-7-18/h3-4,11H,1-2,5-10H2,(H,20,21). The monoisotopic (exact) mass is 298 g/mol. The van der Waals surface area contributed by atoms with Gasteiger partial charge in [0.25, 0.3) is 0 Å². The molecule has 1 aliphatic rings. The zero-order chi connectivity index (χ0) is 15.2. The van der Waals surface area contributed by atoms with Crippen molar-refractivity contribution in [3.05, 3.63) is 29.8 Å². The van der Waals surface area contributed by atoms with Crippen LogP contribution in [-0.2, 0) is 4.79 Å². The van der Waals surface area contributed by atoms with Crippen LogP contribution in [-0.4, -0.2) is 48.7 Å². The van der Waals surface area contributed by atoms with Crippen molar-refractivity contribution in [1.29, 1.82) is 0 Å². The van der Waals surface area contributed by atoms with Gasteiger partial charge in [-0.2, -0.15) is 0 Å². The van der Waals surface area contributed by atoms with Crippen LogP contribution in [0.5, 0.6) is 0 Å². The van der Waals surface area contributed by atoms with Crippen LogP contribution in [0.25, 0.3) is 0 Å². The molecule has 0 spiro atoms. The van der Waals surface area contributed by atoms with E-state index in [0.717, 1.165) is 31.8 Å². The molecule has 0 saturated carbocycles. The van der Waals surface area contributed by atoms with E-state index in [-0.39, 0.29) is 13.0 Å². The zero-order valence-electron chi connectivity index (χ0n) is 11.9. The molecule has 1 heterocycles. The maximum absolute atomic E-state index is 13.4. The summed E-state index contributed by atoms with van der Waals surface area (Å²) in [5.74, 6) is -2.70. The Kier molecular flexibility index (Phi) is 5.50. The molecule has 0 aliphatic carbocycles. The van der Waals surface area contributed by atoms with E-state index in [9.17, 15) is 13.6 Å². The van der Waals surface area contributed by atoms with Crippen LogP contribution < -0.4 is 4.90 Å². The first-order chi connectivity index (χ1) is 10.1. The fraction of sp³-hybridized carbons (Fsp3) is 0.533. The molecule has 0 atom stereocenters. The molecule has 0 radical (unpaired) electrons. The van der Waals surface area contributed by atoms with Gasteiger partial charge in [-0.05, 0) is 38.1 Å². The topological polar surface area (TPSA) is 43.8 Å². The Morgan fingerprint density at radius 3 is 2.52 bits per heavy atom. The molecular weight excluding hydrogens is 278 g/mol. The molecule has 0 amide bonds. The molecule has 116 valence electrons. The van der Waals surface area contributed by atoms with Gasteiger partial charge in [0.15, 0.2) is 11.6 Å². The van der Waals surface area contributed by atoms with E-state index in [1.165, 1.54) is 18.9 Å². The predicted octanol–water partition coefficient (Wildman–Crippen LogP) is 2.34. The molecule has 2 rings (SSSR count). The molecule has 0 aromatic heterocycles. The summed E-state index contributed by atoms with van der Waals surface area (Å²) >= 11 is 0. The van der Waals surface area contributed by atoms with Gasteiger partial charge in [0.05, 0.1) is 6.42 Å². The third-order valence-electron chi connectivity index (χ3n) is 3.75. The van der Waals surface area contributed by atoms with Gasteiger partial charge in [-0.1, -0.05) is 0 Å². The van der Waals surface area contributed by atoms with Crippen molar-refractivity contribution >= 4 is 11.7 Å².